The lowest BCUT2D eigenvalue weighted by molar-refractivity contribution is -0.142. The van der Waals surface area contributed by atoms with Crippen LogP contribution in [0.2, 0.25) is 0 Å². The predicted octanol–water partition coefficient (Wildman–Crippen LogP) is 2.63. The van der Waals surface area contributed by atoms with Gasteiger partial charge < -0.3 is 24.8 Å². The van der Waals surface area contributed by atoms with Gasteiger partial charge in [-0.15, -0.1) is 0 Å². The molecule has 0 spiro atoms. The second-order valence-electron chi connectivity index (χ2n) is 8.93. The standard InChI is InChI=1S/C25H32FN5O4/c1-16(2)25(34)29(4)15-23(32)31-11-10-30(14-17(31)3)21-7-6-18(26)12-20(21)24(33)28-19-8-9-27-22(13-19)35-5/h6-9,12-13,16-17H,10-11,14-15H2,1-5H3,(H,27,28,33). The molecule has 1 aliphatic heterocycles. The van der Waals surface area contributed by atoms with E-state index >= 15 is 0 Å². The Morgan fingerprint density at radius 1 is 1.23 bits per heavy atom. The van der Waals surface area contributed by atoms with Gasteiger partial charge in [0.15, 0.2) is 0 Å². The number of amides is 3. The van der Waals surface area contributed by atoms with E-state index in [1.54, 1.807) is 44.0 Å². The molecule has 0 saturated carbocycles. The number of aromatic nitrogens is 1. The molecule has 2 heterocycles. The Labute approximate surface area is 204 Å². The Hall–Kier alpha value is -3.69. The van der Waals surface area contributed by atoms with Crippen LogP contribution in [0.15, 0.2) is 36.5 Å². The van der Waals surface area contributed by atoms with Gasteiger partial charge in [0.05, 0.1) is 19.2 Å². The molecule has 10 heteroatoms. The van der Waals surface area contributed by atoms with Crippen molar-refractivity contribution in [3.05, 3.63) is 47.9 Å². The monoisotopic (exact) mass is 485 g/mol. The van der Waals surface area contributed by atoms with Crippen molar-refractivity contribution in [1.29, 1.82) is 0 Å². The van der Waals surface area contributed by atoms with E-state index in [0.29, 0.717) is 36.9 Å². The first-order valence-corrected chi connectivity index (χ1v) is 11.5. The van der Waals surface area contributed by atoms with E-state index < -0.39 is 11.7 Å². The van der Waals surface area contributed by atoms with Crippen LogP contribution in [0.25, 0.3) is 0 Å². The number of pyridine rings is 1. The number of carbonyl (C=O) groups is 3. The van der Waals surface area contributed by atoms with Gasteiger partial charge in [0.25, 0.3) is 5.91 Å². The highest BCUT2D eigenvalue weighted by molar-refractivity contribution is 6.08. The van der Waals surface area contributed by atoms with E-state index in [-0.39, 0.29) is 35.9 Å². The molecule has 1 saturated heterocycles. The minimum absolute atomic E-state index is 0.0148. The Bertz CT molecular complexity index is 1090. The average Bonchev–Trinajstić information content (AvgIpc) is 2.83. The van der Waals surface area contributed by atoms with Gasteiger partial charge in [-0.2, -0.15) is 0 Å². The van der Waals surface area contributed by atoms with Crippen LogP contribution in [0.3, 0.4) is 0 Å². The van der Waals surface area contributed by atoms with Gasteiger partial charge in [0.1, 0.15) is 5.82 Å². The molecule has 1 atom stereocenters. The second-order valence-corrected chi connectivity index (χ2v) is 8.93. The lowest BCUT2D eigenvalue weighted by Crippen LogP contribution is -2.56. The van der Waals surface area contributed by atoms with Crippen molar-refractivity contribution < 1.29 is 23.5 Å². The molecular formula is C25H32FN5O4. The van der Waals surface area contributed by atoms with E-state index in [1.807, 2.05) is 11.8 Å². The van der Waals surface area contributed by atoms with Crippen molar-refractivity contribution in [2.24, 2.45) is 5.92 Å². The molecule has 0 radical (unpaired) electrons. The molecule has 1 aliphatic rings. The van der Waals surface area contributed by atoms with Crippen molar-refractivity contribution in [3.8, 4) is 5.88 Å². The molecule has 188 valence electrons. The number of rotatable bonds is 7. The van der Waals surface area contributed by atoms with Crippen LogP contribution in [0, 0.1) is 11.7 Å². The third-order valence-electron chi connectivity index (χ3n) is 5.94. The Balaban J connectivity index is 1.73. The van der Waals surface area contributed by atoms with Crippen LogP contribution in [0.1, 0.15) is 31.1 Å². The third kappa shape index (κ3) is 6.26. The van der Waals surface area contributed by atoms with Crippen molar-refractivity contribution >= 4 is 29.1 Å². The number of hydrogen-bond donors (Lipinski definition) is 1. The summed E-state index contributed by atoms with van der Waals surface area (Å²) in [4.78, 5) is 47.2. The molecule has 1 aromatic heterocycles. The summed E-state index contributed by atoms with van der Waals surface area (Å²) in [7, 11) is 3.10. The number of likely N-dealkylation sites (N-methyl/N-ethyl adjacent to an activating group) is 1. The molecule has 2 aromatic rings. The minimum Gasteiger partial charge on any atom is -0.481 e. The normalized spacial score (nSPS) is 15.7. The summed E-state index contributed by atoms with van der Waals surface area (Å²) in [6, 6.07) is 7.13. The summed E-state index contributed by atoms with van der Waals surface area (Å²) in [5.41, 5.74) is 1.24. The number of piperazine rings is 1. The zero-order valence-electron chi connectivity index (χ0n) is 20.7. The van der Waals surface area contributed by atoms with Crippen LogP contribution in [-0.4, -0.2) is 78.9 Å². The van der Waals surface area contributed by atoms with Crippen LogP contribution in [0.5, 0.6) is 5.88 Å². The predicted molar refractivity (Wildman–Crippen MR) is 131 cm³/mol. The topological polar surface area (TPSA) is 95.1 Å². The van der Waals surface area contributed by atoms with E-state index in [9.17, 15) is 18.8 Å². The summed E-state index contributed by atoms with van der Waals surface area (Å²) in [6.45, 7) is 6.87. The van der Waals surface area contributed by atoms with Gasteiger partial charge in [0, 0.05) is 62.3 Å². The third-order valence-corrected chi connectivity index (χ3v) is 5.94. The van der Waals surface area contributed by atoms with Crippen molar-refractivity contribution in [2.75, 3.05) is 50.6 Å². The molecule has 3 rings (SSSR count). The van der Waals surface area contributed by atoms with Crippen LogP contribution >= 0.6 is 0 Å². The van der Waals surface area contributed by atoms with Crippen LogP contribution in [0.4, 0.5) is 15.8 Å². The smallest absolute Gasteiger partial charge is 0.257 e. The number of halogens is 1. The number of ether oxygens (including phenoxy) is 1. The van der Waals surface area contributed by atoms with Crippen molar-refractivity contribution in [2.45, 2.75) is 26.8 Å². The SMILES string of the molecule is COc1cc(NC(=O)c2cc(F)ccc2N2CCN(C(=O)CN(C)C(=O)C(C)C)C(C)C2)ccn1. The van der Waals surface area contributed by atoms with Gasteiger partial charge in [-0.3, -0.25) is 14.4 Å². The van der Waals surface area contributed by atoms with Gasteiger partial charge in [-0.05, 0) is 31.2 Å². The molecule has 1 unspecified atom stereocenters. The van der Waals surface area contributed by atoms with Gasteiger partial charge in [0.2, 0.25) is 17.7 Å². The number of benzene rings is 1. The second kappa shape index (κ2) is 11.2. The molecule has 35 heavy (non-hydrogen) atoms. The molecule has 1 fully saturated rings. The zero-order chi connectivity index (χ0) is 25.7. The zero-order valence-corrected chi connectivity index (χ0v) is 20.7. The Morgan fingerprint density at radius 3 is 2.63 bits per heavy atom. The molecule has 1 N–H and O–H groups in total. The summed E-state index contributed by atoms with van der Waals surface area (Å²) in [5, 5.41) is 2.76. The summed E-state index contributed by atoms with van der Waals surface area (Å²) in [6.07, 6.45) is 1.50. The molecular weight excluding hydrogens is 453 g/mol. The van der Waals surface area contributed by atoms with Crippen LogP contribution in [-0.2, 0) is 9.59 Å². The van der Waals surface area contributed by atoms with Crippen LogP contribution < -0.4 is 15.0 Å². The van der Waals surface area contributed by atoms with E-state index in [1.165, 1.54) is 30.3 Å². The summed E-state index contributed by atoms with van der Waals surface area (Å²) in [5.74, 6) is -1.04. The maximum atomic E-state index is 14.1. The highest BCUT2D eigenvalue weighted by Gasteiger charge is 2.30. The lowest BCUT2D eigenvalue weighted by Gasteiger charge is -2.42. The average molecular weight is 486 g/mol. The van der Waals surface area contributed by atoms with Crippen molar-refractivity contribution in [3.63, 3.8) is 0 Å². The first kappa shape index (κ1) is 25.9. The molecule has 0 aliphatic carbocycles. The van der Waals surface area contributed by atoms with E-state index in [0.717, 1.165) is 0 Å². The maximum absolute atomic E-state index is 14.1. The Kier molecular flexibility index (Phi) is 8.26. The molecule has 3 amide bonds. The molecule has 0 bridgehead atoms. The number of nitrogens with zero attached hydrogens (tertiary/aromatic N) is 4. The fourth-order valence-electron chi connectivity index (χ4n) is 4.12. The summed E-state index contributed by atoms with van der Waals surface area (Å²) >= 11 is 0. The fraction of sp³-hybridized carbons (Fsp3) is 0.440. The summed E-state index contributed by atoms with van der Waals surface area (Å²) < 4.78 is 19.2. The highest BCUT2D eigenvalue weighted by atomic mass is 19.1. The largest absolute Gasteiger partial charge is 0.481 e. The minimum atomic E-state index is -0.522. The van der Waals surface area contributed by atoms with Crippen molar-refractivity contribution in [1.82, 2.24) is 14.8 Å². The molecule has 1 aromatic carbocycles. The molecule has 9 nitrogen and oxygen atoms in total. The number of methoxy groups -OCH3 is 1. The number of hydrogen-bond acceptors (Lipinski definition) is 6. The highest BCUT2D eigenvalue weighted by Crippen LogP contribution is 2.26. The fourth-order valence-corrected chi connectivity index (χ4v) is 4.12. The number of carbonyl (C=O) groups excluding carboxylic acids is 3. The first-order valence-electron chi connectivity index (χ1n) is 11.5. The first-order chi connectivity index (χ1) is 16.6. The lowest BCUT2D eigenvalue weighted by atomic mass is 10.1. The van der Waals surface area contributed by atoms with E-state index in [4.69, 9.17) is 4.74 Å². The quantitative estimate of drug-likeness (QED) is 0.648. The van der Waals surface area contributed by atoms with Gasteiger partial charge >= 0.3 is 0 Å². The van der Waals surface area contributed by atoms with Gasteiger partial charge in [-0.1, -0.05) is 13.8 Å². The maximum Gasteiger partial charge on any atom is 0.257 e. The Morgan fingerprint density at radius 2 is 1.97 bits per heavy atom. The number of nitrogens with one attached hydrogen (secondary N) is 1. The number of anilines is 2. The van der Waals surface area contributed by atoms with E-state index in [2.05, 4.69) is 10.3 Å². The van der Waals surface area contributed by atoms with Gasteiger partial charge in [-0.25, -0.2) is 9.37 Å².